The Morgan fingerprint density at radius 1 is 1.12 bits per heavy atom. The van der Waals surface area contributed by atoms with Gasteiger partial charge < -0.3 is 14.4 Å². The van der Waals surface area contributed by atoms with Crippen LogP contribution in [0, 0.1) is 5.41 Å². The lowest BCUT2D eigenvalue weighted by atomic mass is 9.73. The Morgan fingerprint density at radius 3 is 2.08 bits per heavy atom. The Labute approximate surface area is 145 Å². The molecule has 0 aliphatic heterocycles. The summed E-state index contributed by atoms with van der Waals surface area (Å²) in [5, 5.41) is 0. The van der Waals surface area contributed by atoms with Crippen molar-refractivity contribution in [3.63, 3.8) is 0 Å². The van der Waals surface area contributed by atoms with Crippen molar-refractivity contribution in [1.82, 2.24) is 4.90 Å². The topological polar surface area (TPSA) is 55.8 Å². The van der Waals surface area contributed by atoms with Gasteiger partial charge in [0.2, 0.25) is 23.1 Å². The molecule has 1 aliphatic rings. The first kappa shape index (κ1) is 20.0. The third-order valence-corrected chi connectivity index (χ3v) is 4.63. The molecule has 0 heterocycles. The molecule has 5 heteroatoms. The summed E-state index contributed by atoms with van der Waals surface area (Å²) in [7, 11) is 4.77. The zero-order valence-electron chi connectivity index (χ0n) is 16.1. The first-order valence-corrected chi connectivity index (χ1v) is 8.13. The van der Waals surface area contributed by atoms with E-state index in [0.29, 0.717) is 17.6 Å². The van der Waals surface area contributed by atoms with E-state index in [1.54, 1.807) is 6.92 Å². The summed E-state index contributed by atoms with van der Waals surface area (Å²) in [6, 6.07) is 0. The van der Waals surface area contributed by atoms with Gasteiger partial charge in [0.1, 0.15) is 0 Å². The number of allylic oxidation sites excluding steroid dienone is 4. The van der Waals surface area contributed by atoms with Gasteiger partial charge in [-0.25, -0.2) is 0 Å². The van der Waals surface area contributed by atoms with Crippen LogP contribution in [0.2, 0.25) is 0 Å². The van der Waals surface area contributed by atoms with Gasteiger partial charge in [-0.3, -0.25) is 9.59 Å². The van der Waals surface area contributed by atoms with Gasteiger partial charge in [0.15, 0.2) is 0 Å². The monoisotopic (exact) mass is 335 g/mol. The van der Waals surface area contributed by atoms with Gasteiger partial charge in [-0.1, -0.05) is 19.9 Å². The largest absolute Gasteiger partial charge is 0.489 e. The molecule has 0 fully saturated rings. The second kappa shape index (κ2) is 7.69. The fourth-order valence-electron chi connectivity index (χ4n) is 2.87. The maximum atomic E-state index is 12.9. The minimum atomic E-state index is -0.490. The van der Waals surface area contributed by atoms with Crippen molar-refractivity contribution in [2.45, 2.75) is 41.0 Å². The number of hydrogen-bond donors (Lipinski definition) is 0. The van der Waals surface area contributed by atoms with E-state index < -0.39 is 5.41 Å². The number of rotatable bonds is 7. The molecule has 0 atom stereocenters. The second-order valence-electron chi connectivity index (χ2n) is 6.67. The molecule has 0 radical (unpaired) electrons. The van der Waals surface area contributed by atoms with Gasteiger partial charge in [0, 0.05) is 30.4 Å². The van der Waals surface area contributed by atoms with Crippen LogP contribution in [0.3, 0.4) is 0 Å². The molecule has 5 nitrogen and oxygen atoms in total. The molecule has 0 unspecified atom stereocenters. The lowest BCUT2D eigenvalue weighted by Crippen LogP contribution is -2.32. The highest BCUT2D eigenvalue weighted by Gasteiger charge is 2.41. The third-order valence-electron chi connectivity index (χ3n) is 4.63. The fraction of sp³-hybridized carbons (Fsp3) is 0.579. The summed E-state index contributed by atoms with van der Waals surface area (Å²) in [6.45, 7) is 10.7. The molecule has 0 saturated carbocycles. The second-order valence-corrected chi connectivity index (χ2v) is 6.67. The predicted molar refractivity (Wildman–Crippen MR) is 94.2 cm³/mol. The molecule has 24 heavy (non-hydrogen) atoms. The Morgan fingerprint density at radius 2 is 1.62 bits per heavy atom. The van der Waals surface area contributed by atoms with Crippen molar-refractivity contribution < 1.29 is 19.1 Å². The molecule has 0 bridgehead atoms. The van der Waals surface area contributed by atoms with Crippen molar-refractivity contribution >= 4 is 11.6 Å². The normalized spacial score (nSPS) is 16.8. The smallest absolute Gasteiger partial charge is 0.228 e. The summed E-state index contributed by atoms with van der Waals surface area (Å²) in [5.74, 6) is -0.589. The Hall–Kier alpha value is -2.04. The van der Waals surface area contributed by atoms with Crippen LogP contribution in [-0.2, 0) is 19.1 Å². The van der Waals surface area contributed by atoms with Crippen LogP contribution in [-0.4, -0.2) is 44.3 Å². The maximum Gasteiger partial charge on any atom is 0.228 e. The van der Waals surface area contributed by atoms with Gasteiger partial charge in [-0.05, 0) is 32.6 Å². The molecule has 0 spiro atoms. The van der Waals surface area contributed by atoms with E-state index in [-0.39, 0.29) is 23.1 Å². The standard InChI is InChI=1S/C19H29NO4/c1-9-20(6)12(2)10-11-19(4,5)14-13(3)15(21)17(23-7)18(24-8)16(14)22/h10H,9,11H2,1-8H3/b12-10+. The molecule has 1 aliphatic carbocycles. The quantitative estimate of drug-likeness (QED) is 0.669. The summed E-state index contributed by atoms with van der Waals surface area (Å²) >= 11 is 0. The van der Waals surface area contributed by atoms with E-state index in [2.05, 4.69) is 17.9 Å². The average Bonchev–Trinajstić information content (AvgIpc) is 2.54. The molecule has 1 rings (SSSR count). The van der Waals surface area contributed by atoms with Crippen molar-refractivity contribution in [1.29, 1.82) is 0 Å². The molecule has 0 amide bonds. The number of ketones is 2. The van der Waals surface area contributed by atoms with E-state index in [4.69, 9.17) is 9.47 Å². The maximum absolute atomic E-state index is 12.9. The van der Waals surface area contributed by atoms with E-state index in [0.717, 1.165) is 12.2 Å². The van der Waals surface area contributed by atoms with Crippen LogP contribution in [0.5, 0.6) is 0 Å². The lowest BCUT2D eigenvalue weighted by molar-refractivity contribution is -0.121. The number of ether oxygens (including phenoxy) is 2. The van der Waals surface area contributed by atoms with Crippen LogP contribution < -0.4 is 0 Å². The average molecular weight is 335 g/mol. The molecule has 0 aromatic rings. The van der Waals surface area contributed by atoms with E-state index in [1.807, 2.05) is 27.8 Å². The Bertz CT molecular complexity index is 623. The molecular formula is C19H29NO4. The summed E-state index contributed by atoms with van der Waals surface area (Å²) in [4.78, 5) is 27.5. The van der Waals surface area contributed by atoms with E-state index in [1.165, 1.54) is 14.2 Å². The van der Waals surface area contributed by atoms with Crippen molar-refractivity contribution in [2.75, 3.05) is 27.8 Å². The van der Waals surface area contributed by atoms with Crippen LogP contribution >= 0.6 is 0 Å². The first-order chi connectivity index (χ1) is 11.1. The first-order valence-electron chi connectivity index (χ1n) is 8.13. The summed E-state index contributed by atoms with van der Waals surface area (Å²) in [5.41, 5.74) is 1.57. The number of nitrogens with zero attached hydrogens (tertiary/aromatic N) is 1. The van der Waals surface area contributed by atoms with Crippen molar-refractivity contribution in [3.8, 4) is 0 Å². The number of methoxy groups -OCH3 is 2. The lowest BCUT2D eigenvalue weighted by Gasteiger charge is -2.31. The van der Waals surface area contributed by atoms with E-state index in [9.17, 15) is 9.59 Å². The van der Waals surface area contributed by atoms with Gasteiger partial charge in [-0.2, -0.15) is 0 Å². The molecule has 134 valence electrons. The van der Waals surface area contributed by atoms with Gasteiger partial charge >= 0.3 is 0 Å². The fourth-order valence-corrected chi connectivity index (χ4v) is 2.87. The summed E-state index contributed by atoms with van der Waals surface area (Å²) in [6.07, 6.45) is 2.75. The molecular weight excluding hydrogens is 306 g/mol. The van der Waals surface area contributed by atoms with Gasteiger partial charge in [-0.15, -0.1) is 0 Å². The van der Waals surface area contributed by atoms with Crippen LogP contribution in [0.4, 0.5) is 0 Å². The van der Waals surface area contributed by atoms with E-state index >= 15 is 0 Å². The Kier molecular flexibility index (Phi) is 6.41. The minimum Gasteiger partial charge on any atom is -0.489 e. The van der Waals surface area contributed by atoms with Gasteiger partial charge in [0.05, 0.1) is 14.2 Å². The number of hydrogen-bond acceptors (Lipinski definition) is 5. The third kappa shape index (κ3) is 3.71. The Balaban J connectivity index is 3.26. The molecule has 0 aromatic carbocycles. The SMILES string of the molecule is CCN(C)/C(C)=C/CC(C)(C)C1=C(C)C(=O)C(OC)=C(OC)C1=O. The van der Waals surface area contributed by atoms with Crippen LogP contribution in [0.25, 0.3) is 0 Å². The zero-order chi connectivity index (χ0) is 18.7. The highest BCUT2D eigenvalue weighted by Crippen LogP contribution is 2.39. The number of carbonyl (C=O) groups excluding carboxylic acids is 2. The van der Waals surface area contributed by atoms with Crippen molar-refractivity contribution in [2.24, 2.45) is 5.41 Å². The molecule has 0 N–H and O–H groups in total. The van der Waals surface area contributed by atoms with Gasteiger partial charge in [0.25, 0.3) is 0 Å². The zero-order valence-corrected chi connectivity index (χ0v) is 16.1. The predicted octanol–water partition coefficient (Wildman–Crippen LogP) is 3.23. The number of carbonyl (C=O) groups is 2. The molecule has 0 saturated heterocycles. The highest BCUT2D eigenvalue weighted by atomic mass is 16.5. The van der Waals surface area contributed by atoms with Crippen LogP contribution in [0.1, 0.15) is 41.0 Å². The highest BCUT2D eigenvalue weighted by molar-refractivity contribution is 6.23. The van der Waals surface area contributed by atoms with Crippen molar-refractivity contribution in [3.05, 3.63) is 34.4 Å². The molecule has 0 aromatic heterocycles. The minimum absolute atomic E-state index is 0.0115. The number of Topliss-reactive ketones (excluding diaryl/α,β-unsaturated/α-hetero) is 2. The van der Waals surface area contributed by atoms with Crippen LogP contribution in [0.15, 0.2) is 34.4 Å². The summed E-state index contributed by atoms with van der Waals surface area (Å²) < 4.78 is 10.2.